The first-order valence-electron chi connectivity index (χ1n) is 16.2. The van der Waals surface area contributed by atoms with E-state index in [0.29, 0.717) is 34.9 Å². The second-order valence-electron chi connectivity index (χ2n) is 14.0. The lowest BCUT2D eigenvalue weighted by molar-refractivity contribution is 0.0122. The van der Waals surface area contributed by atoms with E-state index in [1.54, 1.807) is 12.3 Å². The van der Waals surface area contributed by atoms with Gasteiger partial charge in [-0.2, -0.15) is 9.97 Å². The van der Waals surface area contributed by atoms with Crippen molar-refractivity contribution in [2.75, 3.05) is 24.6 Å². The number of hydrogen-bond donors (Lipinski definition) is 1. The largest absolute Gasteiger partial charge is 0.461 e. The van der Waals surface area contributed by atoms with Crippen molar-refractivity contribution in [3.8, 4) is 17.3 Å². The molecule has 2 unspecified atom stereocenters. The molecule has 7 rings (SSSR count). The molecular formula is C35H40ClFN6O3. The van der Waals surface area contributed by atoms with Crippen LogP contribution in [-0.4, -0.2) is 68.9 Å². The highest BCUT2D eigenvalue weighted by Crippen LogP contribution is 2.40. The number of carbonyl (C=O) groups is 1. The van der Waals surface area contributed by atoms with Crippen molar-refractivity contribution in [3.63, 3.8) is 0 Å². The van der Waals surface area contributed by atoms with Gasteiger partial charge in [0.1, 0.15) is 29.2 Å². The van der Waals surface area contributed by atoms with E-state index in [9.17, 15) is 4.79 Å². The standard InChI is InChI=1S/C35H40ClFN6O3/c1-34(2,3)46-33(44)43-22-13-14-23(43)19-42(18-22)31-25-17-39-29(24-11-7-9-21-10-8-12-26(36)27(21)24)28(37)30(25)40-32(41-31)45-20-35(38)15-5-4-6-16-35/h7-12,17,22-23H,4-6,13-16,18-20,38H2,1-3H3. The summed E-state index contributed by atoms with van der Waals surface area (Å²) in [5.74, 6) is -0.0433. The van der Waals surface area contributed by atoms with Crippen molar-refractivity contribution in [3.05, 3.63) is 53.4 Å². The monoisotopic (exact) mass is 646 g/mol. The normalized spacial score (nSPS) is 21.2. The van der Waals surface area contributed by atoms with Crippen molar-refractivity contribution in [1.29, 1.82) is 0 Å². The number of piperazine rings is 1. The third kappa shape index (κ3) is 5.81. The Morgan fingerprint density at radius 1 is 1.07 bits per heavy atom. The Morgan fingerprint density at radius 2 is 1.76 bits per heavy atom. The van der Waals surface area contributed by atoms with Crippen LogP contribution in [0.2, 0.25) is 5.02 Å². The van der Waals surface area contributed by atoms with Gasteiger partial charge in [-0.1, -0.05) is 61.2 Å². The fourth-order valence-electron chi connectivity index (χ4n) is 7.30. The lowest BCUT2D eigenvalue weighted by Gasteiger charge is -2.42. The summed E-state index contributed by atoms with van der Waals surface area (Å²) in [6, 6.07) is 11.2. The SMILES string of the molecule is CC(C)(C)OC(=O)N1C2CCC1CN(c1nc(OCC3(N)CCCCC3)nc3c(F)c(-c4cccc5cccc(Cl)c45)ncc13)C2. The molecule has 4 heterocycles. The zero-order chi connectivity index (χ0) is 32.2. The van der Waals surface area contributed by atoms with Crippen molar-refractivity contribution in [2.24, 2.45) is 5.73 Å². The molecule has 2 N–H and O–H groups in total. The zero-order valence-corrected chi connectivity index (χ0v) is 27.3. The van der Waals surface area contributed by atoms with Gasteiger partial charge in [-0.15, -0.1) is 0 Å². The van der Waals surface area contributed by atoms with Crippen LogP contribution in [0.5, 0.6) is 6.01 Å². The predicted molar refractivity (Wildman–Crippen MR) is 178 cm³/mol. The number of rotatable bonds is 5. The average molecular weight is 647 g/mol. The van der Waals surface area contributed by atoms with E-state index >= 15 is 4.39 Å². The molecule has 2 saturated heterocycles. The Bertz CT molecular complexity index is 1790. The van der Waals surface area contributed by atoms with Crippen LogP contribution in [-0.2, 0) is 4.74 Å². The van der Waals surface area contributed by atoms with Crippen LogP contribution in [0, 0.1) is 5.82 Å². The van der Waals surface area contributed by atoms with Gasteiger partial charge >= 0.3 is 12.1 Å². The van der Waals surface area contributed by atoms with Crippen LogP contribution >= 0.6 is 11.6 Å². The Balaban J connectivity index is 1.29. The molecule has 2 bridgehead atoms. The van der Waals surface area contributed by atoms with Crippen LogP contribution in [0.25, 0.3) is 32.9 Å². The molecule has 3 fully saturated rings. The van der Waals surface area contributed by atoms with Gasteiger partial charge in [-0.3, -0.25) is 9.88 Å². The number of anilines is 1. The summed E-state index contributed by atoms with van der Waals surface area (Å²) in [5.41, 5.74) is 6.48. The average Bonchev–Trinajstić information content (AvgIpc) is 3.29. The third-order valence-corrected chi connectivity index (χ3v) is 9.79. The Labute approximate surface area is 273 Å². The molecule has 9 nitrogen and oxygen atoms in total. The molecule has 3 aliphatic rings. The Hall–Kier alpha value is -3.76. The summed E-state index contributed by atoms with van der Waals surface area (Å²) in [7, 11) is 0. The van der Waals surface area contributed by atoms with E-state index in [1.807, 2.05) is 56.0 Å². The number of carbonyl (C=O) groups excluding carboxylic acids is 1. The highest BCUT2D eigenvalue weighted by atomic mass is 35.5. The molecule has 2 aliphatic heterocycles. The van der Waals surface area contributed by atoms with Gasteiger partial charge in [0.25, 0.3) is 0 Å². The molecule has 1 amide bonds. The topological polar surface area (TPSA) is 107 Å². The molecule has 1 saturated carbocycles. The van der Waals surface area contributed by atoms with E-state index in [1.165, 1.54) is 0 Å². The number of benzene rings is 2. The minimum absolute atomic E-state index is 0.0626. The van der Waals surface area contributed by atoms with E-state index in [4.69, 9.17) is 31.8 Å². The number of ether oxygens (including phenoxy) is 2. The van der Waals surface area contributed by atoms with Crippen LogP contribution < -0.4 is 15.4 Å². The van der Waals surface area contributed by atoms with Crippen LogP contribution in [0.3, 0.4) is 0 Å². The van der Waals surface area contributed by atoms with Gasteiger partial charge in [0.05, 0.1) is 23.0 Å². The van der Waals surface area contributed by atoms with E-state index < -0.39 is 17.0 Å². The number of nitrogens with two attached hydrogens (primary N) is 1. The summed E-state index contributed by atoms with van der Waals surface area (Å²) in [6.45, 7) is 6.90. The molecule has 242 valence electrons. The van der Waals surface area contributed by atoms with E-state index in [2.05, 4.69) is 14.9 Å². The molecule has 4 aromatic rings. The van der Waals surface area contributed by atoms with Crippen molar-refractivity contribution >= 4 is 45.2 Å². The van der Waals surface area contributed by atoms with Gasteiger partial charge in [-0.05, 0) is 57.9 Å². The summed E-state index contributed by atoms with van der Waals surface area (Å²) in [4.78, 5) is 31.2. The maximum Gasteiger partial charge on any atom is 0.410 e. The molecule has 0 radical (unpaired) electrons. The third-order valence-electron chi connectivity index (χ3n) is 9.48. The van der Waals surface area contributed by atoms with Gasteiger partial charge in [0, 0.05) is 35.3 Å². The molecule has 11 heteroatoms. The smallest absolute Gasteiger partial charge is 0.410 e. The fraction of sp³-hybridized carbons (Fsp3) is 0.486. The number of pyridine rings is 1. The summed E-state index contributed by atoms with van der Waals surface area (Å²) in [6.07, 6.45) is 7.99. The van der Waals surface area contributed by atoms with Gasteiger partial charge in [-0.25, -0.2) is 9.18 Å². The van der Waals surface area contributed by atoms with Crippen molar-refractivity contribution in [1.82, 2.24) is 19.9 Å². The highest BCUT2D eigenvalue weighted by molar-refractivity contribution is 6.36. The molecule has 0 spiro atoms. The van der Waals surface area contributed by atoms with Crippen LogP contribution in [0.15, 0.2) is 42.6 Å². The molecule has 2 atom stereocenters. The lowest BCUT2D eigenvalue weighted by atomic mass is 9.83. The van der Waals surface area contributed by atoms with Gasteiger partial charge < -0.3 is 20.1 Å². The second-order valence-corrected chi connectivity index (χ2v) is 14.5. The fourth-order valence-corrected chi connectivity index (χ4v) is 7.59. The number of hydrogen-bond acceptors (Lipinski definition) is 8. The maximum absolute atomic E-state index is 16.7. The first-order valence-corrected chi connectivity index (χ1v) is 16.6. The minimum atomic E-state index is -0.587. The zero-order valence-electron chi connectivity index (χ0n) is 26.6. The van der Waals surface area contributed by atoms with Crippen LogP contribution in [0.4, 0.5) is 15.0 Å². The van der Waals surface area contributed by atoms with Crippen LogP contribution in [0.1, 0.15) is 65.7 Å². The molecule has 1 aliphatic carbocycles. The molecular weight excluding hydrogens is 607 g/mol. The first-order chi connectivity index (χ1) is 22.0. The predicted octanol–water partition coefficient (Wildman–Crippen LogP) is 7.27. The summed E-state index contributed by atoms with van der Waals surface area (Å²) in [5, 5.41) is 2.60. The quantitative estimate of drug-likeness (QED) is 0.241. The Kier molecular flexibility index (Phi) is 7.92. The van der Waals surface area contributed by atoms with E-state index in [0.717, 1.165) is 55.7 Å². The number of fused-ring (bicyclic) bond motifs is 4. The van der Waals surface area contributed by atoms with E-state index in [-0.39, 0.29) is 42.0 Å². The second kappa shape index (κ2) is 11.8. The van der Waals surface area contributed by atoms with Gasteiger partial charge in [0.2, 0.25) is 0 Å². The molecule has 46 heavy (non-hydrogen) atoms. The number of amides is 1. The number of aromatic nitrogens is 3. The minimum Gasteiger partial charge on any atom is -0.461 e. The van der Waals surface area contributed by atoms with Crippen molar-refractivity contribution < 1.29 is 18.7 Å². The maximum atomic E-state index is 16.7. The molecule has 2 aromatic carbocycles. The Morgan fingerprint density at radius 3 is 2.46 bits per heavy atom. The summed E-state index contributed by atoms with van der Waals surface area (Å²) < 4.78 is 28.7. The number of nitrogens with zero attached hydrogens (tertiary/aromatic N) is 5. The van der Waals surface area contributed by atoms with Gasteiger partial charge in [0.15, 0.2) is 5.82 Å². The highest BCUT2D eigenvalue weighted by Gasteiger charge is 2.45. The number of halogens is 2. The van der Waals surface area contributed by atoms with Crippen molar-refractivity contribution in [2.45, 2.75) is 88.9 Å². The first kappa shape index (κ1) is 30.9. The summed E-state index contributed by atoms with van der Waals surface area (Å²) >= 11 is 6.61. The molecule has 2 aromatic heterocycles. The lowest BCUT2D eigenvalue weighted by Crippen LogP contribution is -2.57.